The lowest BCUT2D eigenvalue weighted by molar-refractivity contribution is -0.128. The molecule has 0 atom stereocenters. The standard InChI is InChI=1S/C12H12O2/c1-2-12(13)14-11-7-6-9-4-3-5-10(9)8-11/h2,6-8H,1,3-5H2. The fourth-order valence-corrected chi connectivity index (χ4v) is 1.77. The summed E-state index contributed by atoms with van der Waals surface area (Å²) >= 11 is 0. The normalized spacial score (nSPS) is 13.4. The number of aryl methyl sites for hydroxylation is 2. The Balaban J connectivity index is 2.20. The summed E-state index contributed by atoms with van der Waals surface area (Å²) in [5.74, 6) is 0.221. The lowest BCUT2D eigenvalue weighted by atomic mass is 10.1. The molecule has 0 fully saturated rings. The summed E-state index contributed by atoms with van der Waals surface area (Å²) in [6.45, 7) is 3.35. The fraction of sp³-hybridized carbons (Fsp3) is 0.250. The molecule has 0 bridgehead atoms. The van der Waals surface area contributed by atoms with E-state index < -0.39 is 5.97 Å². The molecule has 14 heavy (non-hydrogen) atoms. The van der Waals surface area contributed by atoms with Gasteiger partial charge in [0, 0.05) is 6.08 Å². The van der Waals surface area contributed by atoms with E-state index >= 15 is 0 Å². The van der Waals surface area contributed by atoms with Crippen molar-refractivity contribution < 1.29 is 9.53 Å². The molecule has 0 amide bonds. The summed E-state index contributed by atoms with van der Waals surface area (Å²) in [4.78, 5) is 10.9. The summed E-state index contributed by atoms with van der Waals surface area (Å²) in [5.41, 5.74) is 2.68. The zero-order valence-electron chi connectivity index (χ0n) is 7.95. The van der Waals surface area contributed by atoms with Gasteiger partial charge in [0.25, 0.3) is 0 Å². The molecule has 0 saturated heterocycles. The average Bonchev–Trinajstić information content (AvgIpc) is 2.64. The van der Waals surface area contributed by atoms with Gasteiger partial charge in [-0.05, 0) is 42.5 Å². The molecule has 0 spiro atoms. The van der Waals surface area contributed by atoms with E-state index in [1.54, 1.807) is 0 Å². The van der Waals surface area contributed by atoms with Crippen molar-refractivity contribution in [2.75, 3.05) is 0 Å². The highest BCUT2D eigenvalue weighted by atomic mass is 16.5. The highest BCUT2D eigenvalue weighted by molar-refractivity contribution is 5.83. The quantitative estimate of drug-likeness (QED) is 0.404. The largest absolute Gasteiger partial charge is 0.423 e. The molecule has 1 aromatic rings. The molecule has 0 saturated carbocycles. The van der Waals surface area contributed by atoms with Gasteiger partial charge in [-0.2, -0.15) is 0 Å². The molecule has 0 aliphatic heterocycles. The topological polar surface area (TPSA) is 26.3 Å². The van der Waals surface area contributed by atoms with E-state index in [0.717, 1.165) is 12.8 Å². The van der Waals surface area contributed by atoms with E-state index in [9.17, 15) is 4.79 Å². The number of carbonyl (C=O) groups is 1. The number of carbonyl (C=O) groups excluding carboxylic acids is 1. The van der Waals surface area contributed by atoms with Crippen LogP contribution in [0.25, 0.3) is 0 Å². The van der Waals surface area contributed by atoms with Gasteiger partial charge in [-0.15, -0.1) is 0 Å². The molecule has 2 heteroatoms. The Hall–Kier alpha value is -1.57. The van der Waals surface area contributed by atoms with Crippen molar-refractivity contribution in [3.05, 3.63) is 42.0 Å². The van der Waals surface area contributed by atoms with Crippen molar-refractivity contribution >= 4 is 5.97 Å². The van der Waals surface area contributed by atoms with E-state index in [1.165, 1.54) is 23.6 Å². The summed E-state index contributed by atoms with van der Waals surface area (Å²) in [6.07, 6.45) is 4.61. The van der Waals surface area contributed by atoms with Crippen molar-refractivity contribution in [3.8, 4) is 5.75 Å². The zero-order valence-corrected chi connectivity index (χ0v) is 7.95. The molecule has 1 aliphatic rings. The van der Waals surface area contributed by atoms with Crippen LogP contribution in [-0.4, -0.2) is 5.97 Å². The number of hydrogen-bond acceptors (Lipinski definition) is 2. The first-order valence-electron chi connectivity index (χ1n) is 4.75. The van der Waals surface area contributed by atoms with Crippen LogP contribution in [-0.2, 0) is 17.6 Å². The van der Waals surface area contributed by atoms with Crippen LogP contribution >= 0.6 is 0 Å². The molecule has 2 nitrogen and oxygen atoms in total. The molecule has 0 aromatic heterocycles. The van der Waals surface area contributed by atoms with Gasteiger partial charge in [0.15, 0.2) is 0 Å². The first-order chi connectivity index (χ1) is 6.79. The van der Waals surface area contributed by atoms with Gasteiger partial charge in [0.1, 0.15) is 5.75 Å². The fourth-order valence-electron chi connectivity index (χ4n) is 1.77. The predicted molar refractivity (Wildman–Crippen MR) is 54.3 cm³/mol. The van der Waals surface area contributed by atoms with E-state index in [2.05, 4.69) is 6.58 Å². The second-order valence-corrected chi connectivity index (χ2v) is 3.41. The first-order valence-corrected chi connectivity index (χ1v) is 4.75. The molecule has 0 unspecified atom stereocenters. The Bertz CT molecular complexity index is 380. The van der Waals surface area contributed by atoms with Crippen LogP contribution in [0.4, 0.5) is 0 Å². The number of benzene rings is 1. The number of fused-ring (bicyclic) bond motifs is 1. The lowest BCUT2D eigenvalue weighted by Crippen LogP contribution is -2.03. The van der Waals surface area contributed by atoms with Crippen LogP contribution in [0.1, 0.15) is 17.5 Å². The van der Waals surface area contributed by atoms with Crippen LogP contribution in [0.5, 0.6) is 5.75 Å². The molecule has 0 heterocycles. The number of hydrogen-bond donors (Lipinski definition) is 0. The molecule has 72 valence electrons. The number of rotatable bonds is 2. The Morgan fingerprint density at radius 3 is 2.93 bits per heavy atom. The van der Waals surface area contributed by atoms with E-state index in [1.807, 2.05) is 18.2 Å². The highest BCUT2D eigenvalue weighted by Crippen LogP contribution is 2.25. The summed E-state index contributed by atoms with van der Waals surface area (Å²) in [7, 11) is 0. The van der Waals surface area contributed by atoms with Crippen molar-refractivity contribution in [3.63, 3.8) is 0 Å². The second-order valence-electron chi connectivity index (χ2n) is 3.41. The minimum Gasteiger partial charge on any atom is -0.423 e. The molecule has 0 N–H and O–H groups in total. The van der Waals surface area contributed by atoms with E-state index in [4.69, 9.17) is 4.74 Å². The van der Waals surface area contributed by atoms with Crippen LogP contribution < -0.4 is 4.74 Å². The third-order valence-electron chi connectivity index (χ3n) is 2.46. The molecule has 1 aromatic carbocycles. The summed E-state index contributed by atoms with van der Waals surface area (Å²) in [5, 5.41) is 0. The van der Waals surface area contributed by atoms with Gasteiger partial charge in [-0.25, -0.2) is 4.79 Å². The van der Waals surface area contributed by atoms with Gasteiger partial charge in [-0.1, -0.05) is 12.6 Å². The highest BCUT2D eigenvalue weighted by Gasteiger charge is 2.11. The lowest BCUT2D eigenvalue weighted by Gasteiger charge is -2.03. The second kappa shape index (κ2) is 3.66. The maximum Gasteiger partial charge on any atom is 0.335 e. The van der Waals surface area contributed by atoms with Crippen LogP contribution in [0, 0.1) is 0 Å². The number of esters is 1. The van der Waals surface area contributed by atoms with Crippen molar-refractivity contribution in [2.45, 2.75) is 19.3 Å². The van der Waals surface area contributed by atoms with Crippen LogP contribution in [0.2, 0.25) is 0 Å². The van der Waals surface area contributed by atoms with Crippen LogP contribution in [0.15, 0.2) is 30.9 Å². The SMILES string of the molecule is C=CC(=O)Oc1ccc2c(c1)CCC2. The third-order valence-corrected chi connectivity index (χ3v) is 2.46. The average molecular weight is 188 g/mol. The zero-order chi connectivity index (χ0) is 9.97. The Morgan fingerprint density at radius 2 is 2.14 bits per heavy atom. The summed E-state index contributed by atoms with van der Waals surface area (Å²) in [6, 6.07) is 5.82. The predicted octanol–water partition coefficient (Wildman–Crippen LogP) is 2.27. The molecular weight excluding hydrogens is 176 g/mol. The van der Waals surface area contributed by atoms with E-state index in [0.29, 0.717) is 5.75 Å². The molecular formula is C12H12O2. The van der Waals surface area contributed by atoms with Crippen molar-refractivity contribution in [1.82, 2.24) is 0 Å². The minimum absolute atomic E-state index is 0.400. The van der Waals surface area contributed by atoms with Gasteiger partial charge >= 0.3 is 5.97 Å². The number of ether oxygens (including phenoxy) is 1. The van der Waals surface area contributed by atoms with Crippen molar-refractivity contribution in [1.29, 1.82) is 0 Å². The Labute approximate surface area is 83.2 Å². The molecule has 2 rings (SSSR count). The monoisotopic (exact) mass is 188 g/mol. The molecule has 1 aliphatic carbocycles. The Kier molecular flexibility index (Phi) is 2.35. The summed E-state index contributed by atoms with van der Waals surface area (Å²) < 4.78 is 5.03. The van der Waals surface area contributed by atoms with Gasteiger partial charge in [0.2, 0.25) is 0 Å². The third kappa shape index (κ3) is 1.69. The smallest absolute Gasteiger partial charge is 0.335 e. The van der Waals surface area contributed by atoms with Gasteiger partial charge in [0.05, 0.1) is 0 Å². The van der Waals surface area contributed by atoms with Gasteiger partial charge in [-0.3, -0.25) is 0 Å². The van der Waals surface area contributed by atoms with Crippen LogP contribution in [0.3, 0.4) is 0 Å². The molecule has 0 radical (unpaired) electrons. The van der Waals surface area contributed by atoms with Crippen molar-refractivity contribution in [2.24, 2.45) is 0 Å². The van der Waals surface area contributed by atoms with E-state index in [-0.39, 0.29) is 0 Å². The first kappa shape index (κ1) is 9.00. The Morgan fingerprint density at radius 1 is 1.36 bits per heavy atom. The van der Waals surface area contributed by atoms with Gasteiger partial charge < -0.3 is 4.74 Å². The maximum absolute atomic E-state index is 10.9. The minimum atomic E-state index is -0.400. The maximum atomic E-state index is 10.9.